The van der Waals surface area contributed by atoms with Gasteiger partial charge in [-0.15, -0.1) is 0 Å². The SMILES string of the molecule is CCCNc1nc2ccc(CCC(=O)OCC)cc2s1. The number of carbonyl (C=O) groups is 1. The minimum absolute atomic E-state index is 0.137. The number of anilines is 1. The van der Waals surface area contributed by atoms with Crippen LogP contribution in [0.3, 0.4) is 0 Å². The maximum absolute atomic E-state index is 11.4. The van der Waals surface area contributed by atoms with Crippen molar-refractivity contribution < 1.29 is 9.53 Å². The van der Waals surface area contributed by atoms with Crippen LogP contribution in [-0.4, -0.2) is 24.1 Å². The topological polar surface area (TPSA) is 51.2 Å². The lowest BCUT2D eigenvalue weighted by atomic mass is 10.1. The van der Waals surface area contributed by atoms with E-state index < -0.39 is 0 Å². The summed E-state index contributed by atoms with van der Waals surface area (Å²) in [7, 11) is 0. The summed E-state index contributed by atoms with van der Waals surface area (Å²) in [6, 6.07) is 6.16. The van der Waals surface area contributed by atoms with Crippen LogP contribution < -0.4 is 5.32 Å². The van der Waals surface area contributed by atoms with Crippen molar-refractivity contribution in [2.24, 2.45) is 0 Å². The van der Waals surface area contributed by atoms with Gasteiger partial charge in [0.15, 0.2) is 5.13 Å². The van der Waals surface area contributed by atoms with Crippen LogP contribution in [0.15, 0.2) is 18.2 Å². The van der Waals surface area contributed by atoms with E-state index in [0.29, 0.717) is 19.4 Å². The van der Waals surface area contributed by atoms with E-state index in [-0.39, 0.29) is 5.97 Å². The first-order chi connectivity index (χ1) is 9.72. The van der Waals surface area contributed by atoms with E-state index in [0.717, 1.165) is 33.9 Å². The van der Waals surface area contributed by atoms with E-state index in [1.165, 1.54) is 0 Å². The van der Waals surface area contributed by atoms with Gasteiger partial charge < -0.3 is 10.1 Å². The Balaban J connectivity index is 2.03. The molecule has 0 bridgehead atoms. The fraction of sp³-hybridized carbons (Fsp3) is 0.467. The van der Waals surface area contributed by atoms with Crippen LogP contribution in [0.25, 0.3) is 10.2 Å². The van der Waals surface area contributed by atoms with Gasteiger partial charge in [-0.25, -0.2) is 4.98 Å². The van der Waals surface area contributed by atoms with Crippen molar-refractivity contribution in [2.75, 3.05) is 18.5 Å². The first-order valence-electron chi connectivity index (χ1n) is 7.02. The molecule has 1 aromatic heterocycles. The Kier molecular flexibility index (Phi) is 5.35. The smallest absolute Gasteiger partial charge is 0.306 e. The van der Waals surface area contributed by atoms with Gasteiger partial charge in [-0.1, -0.05) is 24.3 Å². The molecule has 1 aromatic carbocycles. The van der Waals surface area contributed by atoms with E-state index in [1.807, 2.05) is 19.1 Å². The minimum Gasteiger partial charge on any atom is -0.466 e. The number of ether oxygens (including phenoxy) is 1. The number of nitrogens with zero attached hydrogens (tertiary/aromatic N) is 1. The largest absolute Gasteiger partial charge is 0.466 e. The summed E-state index contributed by atoms with van der Waals surface area (Å²) in [5.74, 6) is -0.137. The molecular formula is C15H20N2O2S. The van der Waals surface area contributed by atoms with Crippen LogP contribution in [0.4, 0.5) is 5.13 Å². The number of aromatic nitrogens is 1. The van der Waals surface area contributed by atoms with Gasteiger partial charge in [0.1, 0.15) is 0 Å². The molecule has 0 fully saturated rings. The number of esters is 1. The summed E-state index contributed by atoms with van der Waals surface area (Å²) in [6.45, 7) is 5.34. The zero-order valence-corrected chi connectivity index (χ0v) is 12.8. The van der Waals surface area contributed by atoms with E-state index >= 15 is 0 Å². The molecule has 0 unspecified atom stereocenters. The lowest BCUT2D eigenvalue weighted by Gasteiger charge is -2.02. The highest BCUT2D eigenvalue weighted by Crippen LogP contribution is 2.27. The van der Waals surface area contributed by atoms with Crippen LogP contribution in [-0.2, 0) is 16.0 Å². The Hall–Kier alpha value is -1.62. The van der Waals surface area contributed by atoms with Gasteiger partial charge in [0.05, 0.1) is 16.8 Å². The molecule has 0 aliphatic rings. The van der Waals surface area contributed by atoms with Crippen LogP contribution in [0.2, 0.25) is 0 Å². The molecular weight excluding hydrogens is 272 g/mol. The highest BCUT2D eigenvalue weighted by molar-refractivity contribution is 7.22. The molecule has 2 aromatic rings. The number of benzene rings is 1. The zero-order valence-electron chi connectivity index (χ0n) is 11.9. The van der Waals surface area contributed by atoms with Crippen molar-refractivity contribution in [2.45, 2.75) is 33.1 Å². The molecule has 2 rings (SSSR count). The molecule has 5 heteroatoms. The standard InChI is InChI=1S/C15H20N2O2S/c1-3-9-16-15-17-12-7-5-11(10-13(12)20-15)6-8-14(18)19-4-2/h5,7,10H,3-4,6,8-9H2,1-2H3,(H,16,17). The Morgan fingerprint density at radius 3 is 3.00 bits per heavy atom. The van der Waals surface area contributed by atoms with Gasteiger partial charge in [0, 0.05) is 13.0 Å². The number of hydrogen-bond donors (Lipinski definition) is 1. The van der Waals surface area contributed by atoms with Crippen molar-refractivity contribution >= 4 is 32.7 Å². The average Bonchev–Trinajstić information content (AvgIpc) is 2.85. The molecule has 1 heterocycles. The monoisotopic (exact) mass is 292 g/mol. The fourth-order valence-corrected chi connectivity index (χ4v) is 2.87. The number of nitrogens with one attached hydrogen (secondary N) is 1. The molecule has 0 saturated carbocycles. The Labute approximate surface area is 123 Å². The number of thiazole rings is 1. The molecule has 0 amide bonds. The van der Waals surface area contributed by atoms with E-state index in [1.54, 1.807) is 11.3 Å². The van der Waals surface area contributed by atoms with Crippen LogP contribution in [0, 0.1) is 0 Å². The number of fused-ring (bicyclic) bond motifs is 1. The number of rotatable bonds is 7. The predicted molar refractivity (Wildman–Crippen MR) is 83.4 cm³/mol. The Bertz CT molecular complexity index is 580. The zero-order chi connectivity index (χ0) is 14.4. The first-order valence-corrected chi connectivity index (χ1v) is 7.83. The molecule has 0 aliphatic heterocycles. The van der Waals surface area contributed by atoms with Gasteiger partial charge in [-0.05, 0) is 37.5 Å². The van der Waals surface area contributed by atoms with E-state index in [4.69, 9.17) is 4.74 Å². The van der Waals surface area contributed by atoms with Crippen LogP contribution in [0.1, 0.15) is 32.3 Å². The molecule has 1 N–H and O–H groups in total. The van der Waals surface area contributed by atoms with Crippen molar-refractivity contribution in [1.82, 2.24) is 4.98 Å². The normalized spacial score (nSPS) is 10.7. The van der Waals surface area contributed by atoms with Gasteiger partial charge in [-0.2, -0.15) is 0 Å². The lowest BCUT2D eigenvalue weighted by Crippen LogP contribution is -2.04. The number of carbonyl (C=O) groups excluding carboxylic acids is 1. The highest BCUT2D eigenvalue weighted by Gasteiger charge is 2.06. The summed E-state index contributed by atoms with van der Waals surface area (Å²) < 4.78 is 6.10. The van der Waals surface area contributed by atoms with Crippen molar-refractivity contribution in [1.29, 1.82) is 0 Å². The summed E-state index contributed by atoms with van der Waals surface area (Å²) in [4.78, 5) is 15.9. The van der Waals surface area contributed by atoms with E-state index in [2.05, 4.69) is 23.3 Å². The molecule has 0 radical (unpaired) electrons. The molecule has 0 atom stereocenters. The molecule has 0 saturated heterocycles. The lowest BCUT2D eigenvalue weighted by molar-refractivity contribution is -0.143. The second-order valence-corrected chi connectivity index (χ2v) is 5.58. The highest BCUT2D eigenvalue weighted by atomic mass is 32.1. The summed E-state index contributed by atoms with van der Waals surface area (Å²) in [5, 5.41) is 4.27. The third-order valence-corrected chi connectivity index (χ3v) is 3.88. The van der Waals surface area contributed by atoms with E-state index in [9.17, 15) is 4.79 Å². The quantitative estimate of drug-likeness (QED) is 0.792. The molecule has 20 heavy (non-hydrogen) atoms. The Morgan fingerprint density at radius 2 is 2.25 bits per heavy atom. The first kappa shape index (κ1) is 14.8. The molecule has 4 nitrogen and oxygen atoms in total. The van der Waals surface area contributed by atoms with Crippen molar-refractivity contribution in [3.05, 3.63) is 23.8 Å². The Morgan fingerprint density at radius 1 is 1.40 bits per heavy atom. The summed E-state index contributed by atoms with van der Waals surface area (Å²) >= 11 is 1.66. The summed E-state index contributed by atoms with van der Waals surface area (Å²) in [5.41, 5.74) is 2.16. The van der Waals surface area contributed by atoms with Crippen molar-refractivity contribution in [3.8, 4) is 0 Å². The number of hydrogen-bond acceptors (Lipinski definition) is 5. The molecule has 0 spiro atoms. The third kappa shape index (κ3) is 3.93. The second kappa shape index (κ2) is 7.24. The maximum Gasteiger partial charge on any atom is 0.306 e. The second-order valence-electron chi connectivity index (χ2n) is 4.55. The third-order valence-electron chi connectivity index (χ3n) is 2.90. The van der Waals surface area contributed by atoms with Gasteiger partial charge in [-0.3, -0.25) is 4.79 Å². The average molecular weight is 292 g/mol. The predicted octanol–water partition coefficient (Wildman–Crippen LogP) is 3.61. The van der Waals surface area contributed by atoms with Crippen LogP contribution in [0.5, 0.6) is 0 Å². The fourth-order valence-electron chi connectivity index (χ4n) is 1.91. The van der Waals surface area contributed by atoms with Gasteiger partial charge in [0.25, 0.3) is 0 Å². The maximum atomic E-state index is 11.4. The summed E-state index contributed by atoms with van der Waals surface area (Å²) in [6.07, 6.45) is 2.23. The molecule has 0 aliphatic carbocycles. The minimum atomic E-state index is -0.137. The van der Waals surface area contributed by atoms with Crippen molar-refractivity contribution in [3.63, 3.8) is 0 Å². The molecule has 108 valence electrons. The van der Waals surface area contributed by atoms with Crippen LogP contribution >= 0.6 is 11.3 Å². The number of aryl methyl sites for hydroxylation is 1. The van der Waals surface area contributed by atoms with Gasteiger partial charge >= 0.3 is 5.97 Å². The van der Waals surface area contributed by atoms with Gasteiger partial charge in [0.2, 0.25) is 0 Å².